The minimum Gasteiger partial charge on any atom is -0.485 e. The summed E-state index contributed by atoms with van der Waals surface area (Å²) in [5.41, 5.74) is 2.49. The first-order valence-corrected chi connectivity index (χ1v) is 9.57. The normalized spacial score (nSPS) is 15.2. The monoisotopic (exact) mass is 373 g/mol. The van der Waals surface area contributed by atoms with Gasteiger partial charge in [0.2, 0.25) is 6.10 Å². The van der Waals surface area contributed by atoms with Gasteiger partial charge in [0.1, 0.15) is 6.61 Å². The molecule has 0 bridgehead atoms. The summed E-state index contributed by atoms with van der Waals surface area (Å²) < 4.78 is 11.4. The van der Waals surface area contributed by atoms with Gasteiger partial charge in [-0.1, -0.05) is 72.8 Å². The van der Waals surface area contributed by atoms with Crippen molar-refractivity contribution in [1.29, 1.82) is 0 Å². The predicted molar refractivity (Wildman–Crippen MR) is 109 cm³/mol. The van der Waals surface area contributed by atoms with Crippen molar-refractivity contribution < 1.29 is 14.3 Å². The number of amides is 1. The molecule has 1 atom stereocenters. The molecule has 142 valence electrons. The Kier molecular flexibility index (Phi) is 5.57. The van der Waals surface area contributed by atoms with Gasteiger partial charge in [-0.2, -0.15) is 0 Å². The molecule has 1 heterocycles. The van der Waals surface area contributed by atoms with Crippen LogP contribution >= 0.6 is 0 Å². The van der Waals surface area contributed by atoms with Crippen LogP contribution in [0.15, 0.2) is 84.9 Å². The Balaban J connectivity index is 1.38. The van der Waals surface area contributed by atoms with E-state index in [1.165, 1.54) is 11.1 Å². The molecule has 1 unspecified atom stereocenters. The summed E-state index contributed by atoms with van der Waals surface area (Å²) in [6.07, 6.45) is 0.186. The van der Waals surface area contributed by atoms with Gasteiger partial charge in [-0.3, -0.25) is 4.79 Å². The lowest BCUT2D eigenvalue weighted by Crippen LogP contribution is -2.44. The van der Waals surface area contributed by atoms with E-state index in [0.29, 0.717) is 18.0 Å². The van der Waals surface area contributed by atoms with Crippen LogP contribution in [0.5, 0.6) is 11.5 Å². The summed E-state index contributed by atoms with van der Waals surface area (Å²) in [6.45, 7) is 0.790. The molecule has 0 aliphatic carbocycles. The molecule has 1 N–H and O–H groups in total. The summed E-state index contributed by atoms with van der Waals surface area (Å²) in [7, 11) is 0. The molecule has 4 rings (SSSR count). The summed E-state index contributed by atoms with van der Waals surface area (Å²) >= 11 is 0. The Morgan fingerprint density at radius 3 is 2.07 bits per heavy atom. The van der Waals surface area contributed by atoms with Crippen molar-refractivity contribution in [1.82, 2.24) is 5.32 Å². The number of benzene rings is 3. The number of hydrogen-bond acceptors (Lipinski definition) is 3. The van der Waals surface area contributed by atoms with Crippen molar-refractivity contribution in [3.8, 4) is 11.5 Å². The minimum absolute atomic E-state index is 0.144. The Labute approximate surface area is 165 Å². The molecular formula is C24H23NO3. The molecule has 0 fully saturated rings. The molecule has 0 saturated heterocycles. The first kappa shape index (κ1) is 18.1. The van der Waals surface area contributed by atoms with E-state index in [-0.39, 0.29) is 18.4 Å². The standard InChI is InChI=1S/C24H23NO3/c26-24(23-17-27-21-13-7-8-14-22(21)28-23)25-16-15-20(18-9-3-1-4-10-18)19-11-5-2-6-12-19/h1-14,20,23H,15-17H2,(H,25,26). The Morgan fingerprint density at radius 2 is 1.43 bits per heavy atom. The van der Waals surface area contributed by atoms with Crippen LogP contribution in [0.1, 0.15) is 23.5 Å². The average molecular weight is 373 g/mol. The van der Waals surface area contributed by atoms with Crippen molar-refractivity contribution in [2.24, 2.45) is 0 Å². The molecule has 0 radical (unpaired) electrons. The van der Waals surface area contributed by atoms with Gasteiger partial charge in [0.05, 0.1) is 0 Å². The Morgan fingerprint density at radius 1 is 0.857 bits per heavy atom. The van der Waals surface area contributed by atoms with Crippen molar-refractivity contribution in [3.63, 3.8) is 0 Å². The molecule has 0 spiro atoms. The Hall–Kier alpha value is -3.27. The topological polar surface area (TPSA) is 47.6 Å². The fourth-order valence-corrected chi connectivity index (χ4v) is 3.50. The molecule has 0 aromatic heterocycles. The zero-order valence-corrected chi connectivity index (χ0v) is 15.6. The van der Waals surface area contributed by atoms with Gasteiger partial charge >= 0.3 is 0 Å². The number of fused-ring (bicyclic) bond motifs is 1. The highest BCUT2D eigenvalue weighted by molar-refractivity contribution is 5.81. The summed E-state index contributed by atoms with van der Waals surface area (Å²) in [6, 6.07) is 28.2. The molecule has 4 heteroatoms. The van der Waals surface area contributed by atoms with E-state index in [0.717, 1.165) is 6.42 Å². The molecule has 1 aliphatic rings. The van der Waals surface area contributed by atoms with Gasteiger partial charge in [0.15, 0.2) is 11.5 Å². The Bertz CT molecular complexity index is 872. The minimum atomic E-state index is -0.623. The SMILES string of the molecule is O=C(NCCC(c1ccccc1)c1ccccc1)C1COc2ccccc2O1. The third-order valence-electron chi connectivity index (χ3n) is 4.94. The fraction of sp³-hybridized carbons (Fsp3) is 0.208. The van der Waals surface area contributed by atoms with Crippen molar-refractivity contribution in [2.45, 2.75) is 18.4 Å². The molecule has 1 amide bonds. The van der Waals surface area contributed by atoms with E-state index < -0.39 is 6.10 Å². The third-order valence-corrected chi connectivity index (χ3v) is 4.94. The van der Waals surface area contributed by atoms with E-state index >= 15 is 0 Å². The van der Waals surface area contributed by atoms with Crippen molar-refractivity contribution in [2.75, 3.05) is 13.2 Å². The summed E-state index contributed by atoms with van der Waals surface area (Å²) in [5, 5.41) is 3.01. The fourth-order valence-electron chi connectivity index (χ4n) is 3.50. The molecule has 0 saturated carbocycles. The lowest BCUT2D eigenvalue weighted by atomic mass is 9.88. The highest BCUT2D eigenvalue weighted by Crippen LogP contribution is 2.31. The molecule has 1 aliphatic heterocycles. The number of nitrogens with one attached hydrogen (secondary N) is 1. The smallest absolute Gasteiger partial charge is 0.264 e. The third kappa shape index (κ3) is 4.17. The van der Waals surface area contributed by atoms with Crippen LogP contribution in [0.2, 0.25) is 0 Å². The lowest BCUT2D eigenvalue weighted by molar-refractivity contribution is -0.130. The molecule has 28 heavy (non-hydrogen) atoms. The van der Waals surface area contributed by atoms with Gasteiger partial charge in [0, 0.05) is 12.5 Å². The molecule has 3 aromatic carbocycles. The van der Waals surface area contributed by atoms with Crippen LogP contribution in [-0.2, 0) is 4.79 Å². The van der Waals surface area contributed by atoms with Gasteiger partial charge in [-0.05, 0) is 29.7 Å². The van der Waals surface area contributed by atoms with Crippen LogP contribution < -0.4 is 14.8 Å². The maximum absolute atomic E-state index is 12.5. The number of para-hydroxylation sites is 2. The number of rotatable bonds is 6. The highest BCUT2D eigenvalue weighted by atomic mass is 16.6. The van der Waals surface area contributed by atoms with Gasteiger partial charge in [-0.15, -0.1) is 0 Å². The zero-order chi connectivity index (χ0) is 19.2. The maximum Gasteiger partial charge on any atom is 0.264 e. The number of carbonyl (C=O) groups is 1. The first-order chi connectivity index (χ1) is 13.8. The molecular weight excluding hydrogens is 350 g/mol. The first-order valence-electron chi connectivity index (χ1n) is 9.57. The van der Waals surface area contributed by atoms with Crippen molar-refractivity contribution in [3.05, 3.63) is 96.1 Å². The number of ether oxygens (including phenoxy) is 2. The van der Waals surface area contributed by atoms with Crippen LogP contribution in [0.4, 0.5) is 0 Å². The largest absolute Gasteiger partial charge is 0.485 e. The van der Waals surface area contributed by atoms with E-state index in [4.69, 9.17) is 9.47 Å². The highest BCUT2D eigenvalue weighted by Gasteiger charge is 2.27. The van der Waals surface area contributed by atoms with Crippen molar-refractivity contribution >= 4 is 5.91 Å². The quantitative estimate of drug-likeness (QED) is 0.706. The van der Waals surface area contributed by atoms with Crippen LogP contribution in [0.3, 0.4) is 0 Å². The molecule has 3 aromatic rings. The van der Waals surface area contributed by atoms with Gasteiger partial charge in [0.25, 0.3) is 5.91 Å². The van der Waals surface area contributed by atoms with E-state index in [1.54, 1.807) is 0 Å². The number of carbonyl (C=O) groups excluding carboxylic acids is 1. The van der Waals surface area contributed by atoms with Crippen LogP contribution in [-0.4, -0.2) is 25.2 Å². The number of hydrogen-bond donors (Lipinski definition) is 1. The van der Waals surface area contributed by atoms with Gasteiger partial charge in [-0.25, -0.2) is 0 Å². The molecule has 4 nitrogen and oxygen atoms in total. The second-order valence-electron chi connectivity index (χ2n) is 6.82. The summed E-state index contributed by atoms with van der Waals surface area (Å²) in [4.78, 5) is 12.5. The second kappa shape index (κ2) is 8.61. The van der Waals surface area contributed by atoms with Crippen LogP contribution in [0, 0.1) is 0 Å². The maximum atomic E-state index is 12.5. The van der Waals surface area contributed by atoms with E-state index in [9.17, 15) is 4.79 Å². The van der Waals surface area contributed by atoms with E-state index in [2.05, 4.69) is 53.8 Å². The van der Waals surface area contributed by atoms with Gasteiger partial charge < -0.3 is 14.8 Å². The van der Waals surface area contributed by atoms with Crippen LogP contribution in [0.25, 0.3) is 0 Å². The zero-order valence-electron chi connectivity index (χ0n) is 15.6. The second-order valence-corrected chi connectivity index (χ2v) is 6.82. The summed E-state index contributed by atoms with van der Waals surface area (Å²) in [5.74, 6) is 1.38. The average Bonchev–Trinajstić information content (AvgIpc) is 2.77. The predicted octanol–water partition coefficient (Wildman–Crippen LogP) is 4.16. The van der Waals surface area contributed by atoms with E-state index in [1.807, 2.05) is 36.4 Å². The lowest BCUT2D eigenvalue weighted by Gasteiger charge is -2.26.